The lowest BCUT2D eigenvalue weighted by Crippen LogP contribution is -2.37. The van der Waals surface area contributed by atoms with Crippen molar-refractivity contribution in [3.63, 3.8) is 0 Å². The summed E-state index contributed by atoms with van der Waals surface area (Å²) in [6.45, 7) is 8.74. The molecular formula is C16H25N3O. The van der Waals surface area contributed by atoms with Gasteiger partial charge in [-0.25, -0.2) is 4.98 Å². The van der Waals surface area contributed by atoms with Gasteiger partial charge in [0.2, 0.25) is 5.91 Å². The molecule has 2 heterocycles. The number of anilines is 1. The summed E-state index contributed by atoms with van der Waals surface area (Å²) >= 11 is 0. The van der Waals surface area contributed by atoms with Crippen LogP contribution < -0.4 is 4.90 Å². The van der Waals surface area contributed by atoms with Crippen LogP contribution >= 0.6 is 0 Å². The molecule has 0 N–H and O–H groups in total. The quantitative estimate of drug-likeness (QED) is 0.847. The number of likely N-dealkylation sites (tertiary alicyclic amines) is 1. The maximum Gasteiger partial charge on any atom is 0.219 e. The Kier molecular flexibility index (Phi) is 4.99. The third-order valence-corrected chi connectivity index (χ3v) is 4.15. The summed E-state index contributed by atoms with van der Waals surface area (Å²) in [4.78, 5) is 20.5. The first-order valence-corrected chi connectivity index (χ1v) is 7.65. The Bertz CT molecular complexity index is 440. The molecule has 0 unspecified atom stereocenters. The van der Waals surface area contributed by atoms with Crippen LogP contribution in [0.25, 0.3) is 0 Å². The van der Waals surface area contributed by atoms with Crippen molar-refractivity contribution < 1.29 is 4.79 Å². The van der Waals surface area contributed by atoms with Gasteiger partial charge in [-0.05, 0) is 44.7 Å². The minimum atomic E-state index is 0.169. The monoisotopic (exact) mass is 275 g/mol. The zero-order valence-electron chi connectivity index (χ0n) is 12.8. The van der Waals surface area contributed by atoms with Gasteiger partial charge in [0.25, 0.3) is 0 Å². The number of aromatic nitrogens is 1. The Morgan fingerprint density at radius 2 is 2.10 bits per heavy atom. The van der Waals surface area contributed by atoms with Crippen LogP contribution in [0.4, 0.5) is 5.82 Å². The second-order valence-electron chi connectivity index (χ2n) is 5.35. The number of carbonyl (C=O) groups excluding carboxylic acids is 1. The zero-order chi connectivity index (χ0) is 14.5. The van der Waals surface area contributed by atoms with E-state index in [1.165, 1.54) is 6.42 Å². The van der Waals surface area contributed by atoms with Crippen molar-refractivity contribution in [3.8, 4) is 0 Å². The molecule has 1 aromatic rings. The Morgan fingerprint density at radius 3 is 2.65 bits per heavy atom. The highest BCUT2D eigenvalue weighted by atomic mass is 16.2. The second kappa shape index (κ2) is 6.73. The lowest BCUT2D eigenvalue weighted by atomic mass is 9.96. The fourth-order valence-corrected chi connectivity index (χ4v) is 2.98. The van der Waals surface area contributed by atoms with Gasteiger partial charge in [0.05, 0.1) is 6.04 Å². The van der Waals surface area contributed by atoms with Crippen LogP contribution in [-0.2, 0) is 4.79 Å². The fourth-order valence-electron chi connectivity index (χ4n) is 2.98. The Morgan fingerprint density at radius 1 is 1.35 bits per heavy atom. The molecule has 1 aliphatic rings. The maximum absolute atomic E-state index is 11.7. The molecule has 1 atom stereocenters. The van der Waals surface area contributed by atoms with Crippen molar-refractivity contribution in [2.45, 2.75) is 46.1 Å². The second-order valence-corrected chi connectivity index (χ2v) is 5.35. The molecule has 0 aromatic carbocycles. The molecule has 1 aliphatic heterocycles. The molecule has 1 fully saturated rings. The summed E-state index contributed by atoms with van der Waals surface area (Å²) in [6, 6.07) is 4.42. The summed E-state index contributed by atoms with van der Waals surface area (Å²) in [5.74, 6) is 1.19. The highest BCUT2D eigenvalue weighted by molar-refractivity contribution is 5.74. The van der Waals surface area contributed by atoms with Crippen LogP contribution in [0.3, 0.4) is 0 Å². The van der Waals surface area contributed by atoms with Crippen molar-refractivity contribution in [3.05, 3.63) is 23.9 Å². The molecule has 1 aromatic heterocycles. The van der Waals surface area contributed by atoms with E-state index in [-0.39, 0.29) is 11.9 Å². The van der Waals surface area contributed by atoms with E-state index >= 15 is 0 Å². The topological polar surface area (TPSA) is 36.4 Å². The van der Waals surface area contributed by atoms with E-state index in [1.54, 1.807) is 6.92 Å². The maximum atomic E-state index is 11.7. The molecule has 0 saturated carbocycles. The van der Waals surface area contributed by atoms with E-state index < -0.39 is 0 Å². The highest BCUT2D eigenvalue weighted by Gasteiger charge is 2.26. The molecule has 0 radical (unpaired) electrons. The Labute approximate surface area is 121 Å². The van der Waals surface area contributed by atoms with Gasteiger partial charge < -0.3 is 9.80 Å². The molecule has 1 saturated heterocycles. The van der Waals surface area contributed by atoms with Crippen LogP contribution in [-0.4, -0.2) is 35.4 Å². The van der Waals surface area contributed by atoms with Crippen LogP contribution in [0, 0.1) is 0 Å². The van der Waals surface area contributed by atoms with Crippen LogP contribution in [0.2, 0.25) is 0 Å². The van der Waals surface area contributed by atoms with Crippen molar-refractivity contribution >= 4 is 11.7 Å². The summed E-state index contributed by atoms with van der Waals surface area (Å²) < 4.78 is 0. The summed E-state index contributed by atoms with van der Waals surface area (Å²) in [5.41, 5.74) is 1.16. The average Bonchev–Trinajstić information content (AvgIpc) is 2.49. The first kappa shape index (κ1) is 14.8. The first-order valence-electron chi connectivity index (χ1n) is 7.65. The lowest BCUT2D eigenvalue weighted by molar-refractivity contribution is -0.132. The summed E-state index contributed by atoms with van der Waals surface area (Å²) in [6.07, 6.45) is 5.29. The first-order chi connectivity index (χ1) is 9.67. The van der Waals surface area contributed by atoms with Gasteiger partial charge in [-0.3, -0.25) is 4.79 Å². The van der Waals surface area contributed by atoms with E-state index in [0.29, 0.717) is 0 Å². The largest absolute Gasteiger partial charge is 0.357 e. The molecular weight excluding hydrogens is 250 g/mol. The molecule has 0 aliphatic carbocycles. The summed E-state index contributed by atoms with van der Waals surface area (Å²) in [5, 5.41) is 0. The fraction of sp³-hybridized carbons (Fsp3) is 0.625. The third kappa shape index (κ3) is 3.11. The van der Waals surface area contributed by atoms with Gasteiger partial charge in [-0.15, -0.1) is 0 Å². The summed E-state index contributed by atoms with van der Waals surface area (Å²) in [7, 11) is 0. The molecule has 4 heteroatoms. The van der Waals surface area contributed by atoms with Gasteiger partial charge in [0.1, 0.15) is 5.82 Å². The normalized spacial score (nSPS) is 18.9. The van der Waals surface area contributed by atoms with Crippen LogP contribution in [0.15, 0.2) is 18.3 Å². The SMILES string of the molecule is CCN(CC)c1ccc([C@@H]2CCCCN2C(C)=O)cn1. The number of rotatable bonds is 4. The number of nitrogens with zero attached hydrogens (tertiary/aromatic N) is 3. The van der Waals surface area contributed by atoms with Gasteiger partial charge in [0, 0.05) is 32.8 Å². The van der Waals surface area contributed by atoms with E-state index in [0.717, 1.165) is 43.9 Å². The van der Waals surface area contributed by atoms with Gasteiger partial charge in [-0.2, -0.15) is 0 Å². The van der Waals surface area contributed by atoms with E-state index in [4.69, 9.17) is 0 Å². The lowest BCUT2D eigenvalue weighted by Gasteiger charge is -2.35. The highest BCUT2D eigenvalue weighted by Crippen LogP contribution is 2.31. The van der Waals surface area contributed by atoms with Gasteiger partial charge >= 0.3 is 0 Å². The molecule has 110 valence electrons. The number of pyridine rings is 1. The number of piperidine rings is 1. The number of carbonyl (C=O) groups is 1. The molecule has 20 heavy (non-hydrogen) atoms. The minimum Gasteiger partial charge on any atom is -0.357 e. The van der Waals surface area contributed by atoms with Crippen LogP contribution in [0.1, 0.15) is 51.6 Å². The van der Waals surface area contributed by atoms with Crippen LogP contribution in [0.5, 0.6) is 0 Å². The van der Waals surface area contributed by atoms with Crippen molar-refractivity contribution in [1.29, 1.82) is 0 Å². The Balaban J connectivity index is 2.17. The van der Waals surface area contributed by atoms with E-state index in [1.807, 2.05) is 11.1 Å². The number of amides is 1. The smallest absolute Gasteiger partial charge is 0.219 e. The number of hydrogen-bond donors (Lipinski definition) is 0. The van der Waals surface area contributed by atoms with Crippen molar-refractivity contribution in [1.82, 2.24) is 9.88 Å². The number of hydrogen-bond acceptors (Lipinski definition) is 3. The third-order valence-electron chi connectivity index (χ3n) is 4.15. The molecule has 2 rings (SSSR count). The zero-order valence-corrected chi connectivity index (χ0v) is 12.8. The Hall–Kier alpha value is -1.58. The van der Waals surface area contributed by atoms with Gasteiger partial charge in [-0.1, -0.05) is 6.07 Å². The standard InChI is InChI=1S/C16H25N3O/c1-4-18(5-2)16-10-9-14(12-17-16)15-8-6-7-11-19(15)13(3)20/h9-10,12,15H,4-8,11H2,1-3H3/t15-/m0/s1. The predicted octanol–water partition coefficient (Wildman–Crippen LogP) is 3.00. The van der Waals surface area contributed by atoms with Crippen molar-refractivity contribution in [2.24, 2.45) is 0 Å². The van der Waals surface area contributed by atoms with Gasteiger partial charge in [0.15, 0.2) is 0 Å². The molecule has 4 nitrogen and oxygen atoms in total. The van der Waals surface area contributed by atoms with E-state index in [9.17, 15) is 4.79 Å². The molecule has 1 amide bonds. The molecule has 0 spiro atoms. The van der Waals surface area contributed by atoms with Crippen molar-refractivity contribution in [2.75, 3.05) is 24.5 Å². The predicted molar refractivity (Wildman–Crippen MR) is 81.8 cm³/mol. The van der Waals surface area contributed by atoms with E-state index in [2.05, 4.69) is 35.9 Å². The minimum absolute atomic E-state index is 0.169. The molecule has 0 bridgehead atoms. The average molecular weight is 275 g/mol.